The molecule has 1 amide bonds. The minimum Gasteiger partial charge on any atom is -0.378 e. The first-order valence-corrected chi connectivity index (χ1v) is 7.29. The summed E-state index contributed by atoms with van der Waals surface area (Å²) in [6.07, 6.45) is 1.35. The van der Waals surface area contributed by atoms with E-state index in [0.717, 1.165) is 18.8 Å². The molecule has 0 atom stereocenters. The molecule has 3 heterocycles. The summed E-state index contributed by atoms with van der Waals surface area (Å²) in [4.78, 5) is 36.9. The van der Waals surface area contributed by atoms with Crippen molar-refractivity contribution < 1.29 is 9.53 Å². The zero-order valence-electron chi connectivity index (χ0n) is 12.7. The molecule has 1 aliphatic rings. The fraction of sp³-hybridized carbons (Fsp3) is 0.333. The fourth-order valence-corrected chi connectivity index (χ4v) is 2.29. The summed E-state index contributed by atoms with van der Waals surface area (Å²) in [6, 6.07) is 4.90. The van der Waals surface area contributed by atoms with Crippen LogP contribution in [0.25, 0.3) is 0 Å². The zero-order valence-corrected chi connectivity index (χ0v) is 12.7. The van der Waals surface area contributed by atoms with Crippen LogP contribution in [0.1, 0.15) is 16.2 Å². The van der Waals surface area contributed by atoms with Crippen LogP contribution in [0.5, 0.6) is 0 Å². The minimum absolute atomic E-state index is 0.187. The van der Waals surface area contributed by atoms with E-state index >= 15 is 0 Å². The van der Waals surface area contributed by atoms with E-state index in [0.29, 0.717) is 19.0 Å². The number of nitrogens with one attached hydrogen (secondary N) is 2. The summed E-state index contributed by atoms with van der Waals surface area (Å²) < 4.78 is 5.30. The lowest BCUT2D eigenvalue weighted by Crippen LogP contribution is -2.37. The number of rotatable bonds is 3. The lowest BCUT2D eigenvalue weighted by atomic mass is 10.3. The topological polar surface area (TPSA) is 100 Å². The Hall–Kier alpha value is -2.74. The fourth-order valence-electron chi connectivity index (χ4n) is 2.29. The van der Waals surface area contributed by atoms with Gasteiger partial charge in [0.2, 0.25) is 0 Å². The second-order valence-electron chi connectivity index (χ2n) is 5.20. The van der Waals surface area contributed by atoms with E-state index in [1.807, 2.05) is 4.90 Å². The number of ether oxygens (including phenoxy) is 1. The smallest absolute Gasteiger partial charge is 0.274 e. The van der Waals surface area contributed by atoms with Crippen LogP contribution in [0, 0.1) is 6.92 Å². The van der Waals surface area contributed by atoms with Crippen molar-refractivity contribution in [2.45, 2.75) is 6.92 Å². The normalized spacial score (nSPS) is 14.6. The molecule has 0 aliphatic carbocycles. The Morgan fingerprint density at radius 1 is 1.30 bits per heavy atom. The number of aryl methyl sites for hydroxylation is 1. The number of H-pyrrole nitrogens is 1. The number of morpholine rings is 1. The van der Waals surface area contributed by atoms with Crippen LogP contribution in [-0.2, 0) is 4.74 Å². The van der Waals surface area contributed by atoms with Crippen molar-refractivity contribution >= 4 is 17.4 Å². The molecule has 0 spiro atoms. The third-order valence-electron chi connectivity index (χ3n) is 3.52. The number of anilines is 2. The minimum atomic E-state index is -0.448. The predicted octanol–water partition coefficient (Wildman–Crippen LogP) is 0.562. The Morgan fingerprint density at radius 3 is 2.83 bits per heavy atom. The molecule has 0 saturated carbocycles. The molecule has 23 heavy (non-hydrogen) atoms. The van der Waals surface area contributed by atoms with Gasteiger partial charge in [0.25, 0.3) is 11.5 Å². The number of hydrogen-bond acceptors (Lipinski definition) is 6. The van der Waals surface area contributed by atoms with Gasteiger partial charge in [-0.1, -0.05) is 0 Å². The monoisotopic (exact) mass is 315 g/mol. The van der Waals surface area contributed by atoms with Gasteiger partial charge >= 0.3 is 0 Å². The molecule has 0 aromatic carbocycles. The van der Waals surface area contributed by atoms with Crippen molar-refractivity contribution in [3.63, 3.8) is 0 Å². The van der Waals surface area contributed by atoms with Crippen LogP contribution in [-0.4, -0.2) is 47.2 Å². The maximum atomic E-state index is 12.3. The summed E-state index contributed by atoms with van der Waals surface area (Å²) in [5.41, 5.74) is 0.777. The van der Waals surface area contributed by atoms with Gasteiger partial charge in [0.15, 0.2) is 0 Å². The van der Waals surface area contributed by atoms with Crippen LogP contribution < -0.4 is 15.8 Å². The molecule has 2 aromatic heterocycles. The molecule has 2 aromatic rings. The zero-order chi connectivity index (χ0) is 16.2. The Balaban J connectivity index is 1.78. The molecule has 3 rings (SSSR count). The summed E-state index contributed by atoms with van der Waals surface area (Å²) in [5.74, 6) is 0.225. The largest absolute Gasteiger partial charge is 0.378 e. The van der Waals surface area contributed by atoms with Crippen LogP contribution in [0.3, 0.4) is 0 Å². The first-order chi connectivity index (χ1) is 11.1. The van der Waals surface area contributed by atoms with E-state index in [9.17, 15) is 9.59 Å². The molecule has 0 radical (unpaired) electrons. The lowest BCUT2D eigenvalue weighted by molar-refractivity contribution is 0.102. The van der Waals surface area contributed by atoms with Gasteiger partial charge in [0, 0.05) is 24.8 Å². The van der Waals surface area contributed by atoms with E-state index in [1.54, 1.807) is 25.1 Å². The maximum Gasteiger partial charge on any atom is 0.274 e. The Labute approximate surface area is 132 Å². The summed E-state index contributed by atoms with van der Waals surface area (Å²) in [7, 11) is 0. The number of pyridine rings is 1. The standard InChI is InChI=1S/C15H17N5O3/c1-10-2-3-11(14(21)18-10)19-15(22)12-8-13(17-9-16-12)20-4-6-23-7-5-20/h2-3,8-9H,4-7H2,1H3,(H,18,21)(H,19,22). The van der Waals surface area contributed by atoms with Gasteiger partial charge in [0.1, 0.15) is 23.5 Å². The van der Waals surface area contributed by atoms with Crippen LogP contribution >= 0.6 is 0 Å². The quantitative estimate of drug-likeness (QED) is 0.858. The second-order valence-corrected chi connectivity index (χ2v) is 5.20. The molecule has 1 saturated heterocycles. The van der Waals surface area contributed by atoms with E-state index in [2.05, 4.69) is 20.3 Å². The number of carbonyl (C=O) groups excluding carboxylic acids is 1. The number of carbonyl (C=O) groups is 1. The van der Waals surface area contributed by atoms with E-state index in [1.165, 1.54) is 6.33 Å². The Kier molecular flexibility index (Phi) is 4.33. The molecule has 8 nitrogen and oxygen atoms in total. The van der Waals surface area contributed by atoms with Crippen molar-refractivity contribution in [1.29, 1.82) is 0 Å². The lowest BCUT2D eigenvalue weighted by Gasteiger charge is -2.27. The van der Waals surface area contributed by atoms with Gasteiger partial charge in [-0.05, 0) is 19.1 Å². The first-order valence-electron chi connectivity index (χ1n) is 7.29. The van der Waals surface area contributed by atoms with Crippen molar-refractivity contribution in [3.05, 3.63) is 46.3 Å². The highest BCUT2D eigenvalue weighted by atomic mass is 16.5. The number of aromatic nitrogens is 3. The second kappa shape index (κ2) is 6.57. The highest BCUT2D eigenvalue weighted by Crippen LogP contribution is 2.13. The maximum absolute atomic E-state index is 12.3. The molecule has 120 valence electrons. The number of hydrogen-bond donors (Lipinski definition) is 2. The molecule has 8 heteroatoms. The van der Waals surface area contributed by atoms with Crippen LogP contribution in [0.2, 0.25) is 0 Å². The van der Waals surface area contributed by atoms with Crippen LogP contribution in [0.15, 0.2) is 29.3 Å². The summed E-state index contributed by atoms with van der Waals surface area (Å²) in [5, 5.41) is 2.57. The molecule has 1 aliphatic heterocycles. The van der Waals surface area contributed by atoms with Crippen molar-refractivity contribution in [1.82, 2.24) is 15.0 Å². The summed E-state index contributed by atoms with van der Waals surface area (Å²) >= 11 is 0. The van der Waals surface area contributed by atoms with E-state index in [-0.39, 0.29) is 16.9 Å². The third kappa shape index (κ3) is 3.54. The molecule has 0 unspecified atom stereocenters. The van der Waals surface area contributed by atoms with E-state index in [4.69, 9.17) is 4.74 Å². The van der Waals surface area contributed by atoms with Gasteiger partial charge < -0.3 is 19.9 Å². The predicted molar refractivity (Wildman–Crippen MR) is 84.8 cm³/mol. The molecule has 2 N–H and O–H groups in total. The third-order valence-corrected chi connectivity index (χ3v) is 3.52. The molecule has 0 bridgehead atoms. The summed E-state index contributed by atoms with van der Waals surface area (Å²) in [6.45, 7) is 4.46. The average molecular weight is 315 g/mol. The molecular formula is C15H17N5O3. The van der Waals surface area contributed by atoms with Gasteiger partial charge in [-0.3, -0.25) is 9.59 Å². The number of aromatic amines is 1. The highest BCUT2D eigenvalue weighted by molar-refractivity contribution is 6.03. The van der Waals surface area contributed by atoms with Gasteiger partial charge in [0.05, 0.1) is 13.2 Å². The average Bonchev–Trinajstić information content (AvgIpc) is 2.58. The van der Waals surface area contributed by atoms with Gasteiger partial charge in [-0.2, -0.15) is 0 Å². The van der Waals surface area contributed by atoms with Crippen LogP contribution in [0.4, 0.5) is 11.5 Å². The van der Waals surface area contributed by atoms with Crippen molar-refractivity contribution in [2.75, 3.05) is 36.5 Å². The molecular weight excluding hydrogens is 298 g/mol. The highest BCUT2D eigenvalue weighted by Gasteiger charge is 2.16. The Bertz CT molecular complexity index is 768. The van der Waals surface area contributed by atoms with Gasteiger partial charge in [-0.25, -0.2) is 9.97 Å². The SMILES string of the molecule is Cc1ccc(NC(=O)c2cc(N3CCOCC3)ncn2)c(=O)[nH]1. The van der Waals surface area contributed by atoms with E-state index < -0.39 is 5.91 Å². The van der Waals surface area contributed by atoms with Crippen molar-refractivity contribution in [2.24, 2.45) is 0 Å². The Morgan fingerprint density at radius 2 is 2.09 bits per heavy atom. The first kappa shape index (κ1) is 15.2. The number of nitrogens with zero attached hydrogens (tertiary/aromatic N) is 3. The number of amides is 1. The van der Waals surface area contributed by atoms with Gasteiger partial charge in [-0.15, -0.1) is 0 Å². The molecule has 1 fully saturated rings. The van der Waals surface area contributed by atoms with Crippen molar-refractivity contribution in [3.8, 4) is 0 Å².